The van der Waals surface area contributed by atoms with Gasteiger partial charge >= 0.3 is 0 Å². The first kappa shape index (κ1) is 36.5. The highest BCUT2D eigenvalue weighted by atomic mass is 16.3. The molecule has 2 aromatic heterocycles. The first-order valence-electron chi connectivity index (χ1n) is 21.5. The molecule has 12 aromatic rings. The number of nitrogens with zero attached hydrogens (tertiary/aromatic N) is 2. The lowest BCUT2D eigenvalue weighted by Gasteiger charge is -2.27. The molecule has 2 heterocycles. The lowest BCUT2D eigenvalue weighted by atomic mass is 9.93. The van der Waals surface area contributed by atoms with Crippen LogP contribution in [0.1, 0.15) is 0 Å². The van der Waals surface area contributed by atoms with E-state index in [0.717, 1.165) is 72.5 Å². The van der Waals surface area contributed by atoms with Crippen molar-refractivity contribution in [3.8, 4) is 50.2 Å². The standard InChI is InChI=1S/C60H40N2O/c1-3-15-41(16-4-1)42-29-33-46(34-30-42)61(47-35-31-44(32-36-47)51-24-14-25-55-54-23-9-12-28-59(54)63-60(51)55)49-37-38-50(56(40-49)43-17-5-2-6-18-43)45-19-13-20-48(39-45)62-57-26-10-7-21-52(57)53-22-8-11-27-58(53)62/h1-40H. The summed E-state index contributed by atoms with van der Waals surface area (Å²) in [6.07, 6.45) is 0. The molecule has 296 valence electrons. The van der Waals surface area contributed by atoms with Gasteiger partial charge in [0.05, 0.1) is 11.0 Å². The number of para-hydroxylation sites is 4. The van der Waals surface area contributed by atoms with Gasteiger partial charge in [-0.2, -0.15) is 0 Å². The predicted molar refractivity (Wildman–Crippen MR) is 264 cm³/mol. The highest BCUT2D eigenvalue weighted by Crippen LogP contribution is 2.43. The van der Waals surface area contributed by atoms with Crippen LogP contribution in [0.2, 0.25) is 0 Å². The predicted octanol–water partition coefficient (Wildman–Crippen LogP) is 16.8. The molecule has 0 saturated carbocycles. The summed E-state index contributed by atoms with van der Waals surface area (Å²) >= 11 is 0. The van der Waals surface area contributed by atoms with Gasteiger partial charge in [0.1, 0.15) is 11.2 Å². The van der Waals surface area contributed by atoms with Crippen molar-refractivity contribution >= 4 is 60.8 Å². The number of rotatable bonds is 8. The number of benzene rings is 10. The highest BCUT2D eigenvalue weighted by Gasteiger charge is 2.19. The van der Waals surface area contributed by atoms with Gasteiger partial charge in [0, 0.05) is 49.9 Å². The average Bonchev–Trinajstić information content (AvgIpc) is 3.91. The van der Waals surface area contributed by atoms with Crippen LogP contribution in [0, 0.1) is 0 Å². The van der Waals surface area contributed by atoms with Crippen molar-refractivity contribution in [3.05, 3.63) is 243 Å². The first-order chi connectivity index (χ1) is 31.2. The third-order valence-corrected chi connectivity index (χ3v) is 12.4. The number of hydrogen-bond donors (Lipinski definition) is 0. The summed E-state index contributed by atoms with van der Waals surface area (Å²) in [5.41, 5.74) is 17.7. The van der Waals surface area contributed by atoms with E-state index in [2.05, 4.69) is 240 Å². The van der Waals surface area contributed by atoms with Crippen LogP contribution in [0.3, 0.4) is 0 Å². The largest absolute Gasteiger partial charge is 0.455 e. The maximum absolute atomic E-state index is 6.46. The molecule has 0 N–H and O–H groups in total. The Bertz CT molecular complexity index is 3550. The molecule has 0 aliphatic carbocycles. The molecule has 0 fully saturated rings. The summed E-state index contributed by atoms with van der Waals surface area (Å²) in [5.74, 6) is 0. The molecule has 10 aromatic carbocycles. The van der Waals surface area contributed by atoms with Crippen LogP contribution >= 0.6 is 0 Å². The quantitative estimate of drug-likeness (QED) is 0.153. The lowest BCUT2D eigenvalue weighted by Crippen LogP contribution is -2.10. The fraction of sp³-hybridized carbons (Fsp3) is 0. The van der Waals surface area contributed by atoms with E-state index in [1.807, 2.05) is 12.1 Å². The summed E-state index contributed by atoms with van der Waals surface area (Å²) in [6, 6.07) is 87.1. The molecule has 0 amide bonds. The highest BCUT2D eigenvalue weighted by molar-refractivity contribution is 6.10. The smallest absolute Gasteiger partial charge is 0.143 e. The molecule has 0 unspecified atom stereocenters. The molecule has 0 atom stereocenters. The second-order valence-corrected chi connectivity index (χ2v) is 16.1. The van der Waals surface area contributed by atoms with E-state index in [1.165, 1.54) is 38.5 Å². The summed E-state index contributed by atoms with van der Waals surface area (Å²) in [5, 5.41) is 4.77. The molecule has 0 saturated heterocycles. The van der Waals surface area contributed by atoms with Gasteiger partial charge in [-0.25, -0.2) is 0 Å². The molecule has 63 heavy (non-hydrogen) atoms. The van der Waals surface area contributed by atoms with Crippen LogP contribution in [0.25, 0.3) is 93.9 Å². The molecule has 0 bridgehead atoms. The molecule has 0 aliphatic rings. The Morgan fingerprint density at radius 2 is 0.810 bits per heavy atom. The van der Waals surface area contributed by atoms with Gasteiger partial charge in [-0.15, -0.1) is 0 Å². The minimum atomic E-state index is 0.901. The van der Waals surface area contributed by atoms with Gasteiger partial charge in [0.15, 0.2) is 0 Å². The molecule has 0 spiro atoms. The van der Waals surface area contributed by atoms with E-state index >= 15 is 0 Å². The Kier molecular flexibility index (Phi) is 8.83. The van der Waals surface area contributed by atoms with Crippen LogP contribution in [0.5, 0.6) is 0 Å². The Morgan fingerprint density at radius 3 is 1.51 bits per heavy atom. The fourth-order valence-electron chi connectivity index (χ4n) is 9.44. The normalized spacial score (nSPS) is 11.5. The van der Waals surface area contributed by atoms with Gasteiger partial charge in [0.2, 0.25) is 0 Å². The van der Waals surface area contributed by atoms with E-state index in [-0.39, 0.29) is 0 Å². The van der Waals surface area contributed by atoms with Gasteiger partial charge in [-0.3, -0.25) is 0 Å². The van der Waals surface area contributed by atoms with E-state index in [4.69, 9.17) is 4.42 Å². The number of furan rings is 1. The number of fused-ring (bicyclic) bond motifs is 6. The third kappa shape index (κ3) is 6.38. The van der Waals surface area contributed by atoms with Crippen molar-refractivity contribution in [2.75, 3.05) is 4.90 Å². The van der Waals surface area contributed by atoms with Crippen molar-refractivity contribution < 1.29 is 4.42 Å². The maximum atomic E-state index is 6.46. The summed E-state index contributed by atoms with van der Waals surface area (Å²) < 4.78 is 8.85. The molecule has 3 nitrogen and oxygen atoms in total. The van der Waals surface area contributed by atoms with Crippen molar-refractivity contribution in [2.45, 2.75) is 0 Å². The van der Waals surface area contributed by atoms with Crippen LogP contribution in [-0.4, -0.2) is 4.57 Å². The number of anilines is 3. The monoisotopic (exact) mass is 804 g/mol. The number of hydrogen-bond acceptors (Lipinski definition) is 2. The third-order valence-electron chi connectivity index (χ3n) is 12.4. The topological polar surface area (TPSA) is 21.3 Å². The van der Waals surface area contributed by atoms with Crippen LogP contribution < -0.4 is 4.90 Å². The van der Waals surface area contributed by atoms with Gasteiger partial charge in [-0.05, 0) is 106 Å². The Morgan fingerprint density at radius 1 is 0.302 bits per heavy atom. The Labute approximate surface area is 366 Å². The van der Waals surface area contributed by atoms with Gasteiger partial charge in [-0.1, -0.05) is 176 Å². The molecule has 3 heteroatoms. The zero-order valence-corrected chi connectivity index (χ0v) is 34.4. The van der Waals surface area contributed by atoms with E-state index in [9.17, 15) is 0 Å². The van der Waals surface area contributed by atoms with Crippen LogP contribution in [-0.2, 0) is 0 Å². The van der Waals surface area contributed by atoms with Crippen LogP contribution in [0.4, 0.5) is 17.1 Å². The molecule has 0 aliphatic heterocycles. The van der Waals surface area contributed by atoms with Crippen molar-refractivity contribution in [1.82, 2.24) is 4.57 Å². The zero-order valence-electron chi connectivity index (χ0n) is 34.4. The van der Waals surface area contributed by atoms with Crippen molar-refractivity contribution in [3.63, 3.8) is 0 Å². The molecule has 0 radical (unpaired) electrons. The van der Waals surface area contributed by atoms with E-state index < -0.39 is 0 Å². The SMILES string of the molecule is c1ccc(-c2ccc(N(c3ccc(-c4cccc5c4oc4ccccc45)cc3)c3ccc(-c4cccc(-n5c6ccccc6c6ccccc65)c4)c(-c4ccccc4)c3)cc2)cc1. The van der Waals surface area contributed by atoms with Gasteiger partial charge < -0.3 is 13.9 Å². The van der Waals surface area contributed by atoms with Gasteiger partial charge in [0.25, 0.3) is 0 Å². The minimum Gasteiger partial charge on any atom is -0.455 e. The Balaban J connectivity index is 1.000. The lowest BCUT2D eigenvalue weighted by molar-refractivity contribution is 0.670. The second kappa shape index (κ2) is 15.3. The average molecular weight is 805 g/mol. The van der Waals surface area contributed by atoms with Crippen molar-refractivity contribution in [2.24, 2.45) is 0 Å². The fourth-order valence-corrected chi connectivity index (χ4v) is 9.44. The summed E-state index contributed by atoms with van der Waals surface area (Å²) in [7, 11) is 0. The summed E-state index contributed by atoms with van der Waals surface area (Å²) in [4.78, 5) is 2.37. The number of aromatic nitrogens is 1. The Hall–Kier alpha value is -8.40. The molecular formula is C60H40N2O. The maximum Gasteiger partial charge on any atom is 0.143 e. The molecular weight excluding hydrogens is 765 g/mol. The minimum absolute atomic E-state index is 0.901. The van der Waals surface area contributed by atoms with E-state index in [0.29, 0.717) is 0 Å². The van der Waals surface area contributed by atoms with E-state index in [1.54, 1.807) is 0 Å². The zero-order chi connectivity index (χ0) is 41.7. The van der Waals surface area contributed by atoms with Crippen LogP contribution in [0.15, 0.2) is 247 Å². The molecule has 12 rings (SSSR count). The summed E-state index contributed by atoms with van der Waals surface area (Å²) in [6.45, 7) is 0. The van der Waals surface area contributed by atoms with Crippen molar-refractivity contribution in [1.29, 1.82) is 0 Å². The first-order valence-corrected chi connectivity index (χ1v) is 21.5. The second-order valence-electron chi connectivity index (χ2n) is 16.1.